The van der Waals surface area contributed by atoms with E-state index in [4.69, 9.17) is 0 Å². The molecular formula is C26H36FNO3S. The Labute approximate surface area is 193 Å². The van der Waals surface area contributed by atoms with E-state index in [0.29, 0.717) is 36.0 Å². The number of hydrogen-bond donors (Lipinski definition) is 2. The normalized spacial score (nSPS) is 44.2. The fourth-order valence-corrected chi connectivity index (χ4v) is 9.02. The first-order chi connectivity index (χ1) is 15.3. The van der Waals surface area contributed by atoms with Gasteiger partial charge in [-0.3, -0.25) is 4.79 Å². The predicted molar refractivity (Wildman–Crippen MR) is 123 cm³/mol. The minimum absolute atomic E-state index is 0.00727. The maximum Gasteiger partial charge on any atom is 0.151 e. The molecule has 2 N–H and O–H groups in total. The zero-order chi connectivity index (χ0) is 22.5. The number of rotatable bonds is 5. The molecule has 9 unspecified atom stereocenters. The molecule has 4 saturated carbocycles. The molecule has 0 aromatic heterocycles. The van der Waals surface area contributed by atoms with Crippen molar-refractivity contribution in [1.82, 2.24) is 4.72 Å². The standard InChI is InChI=1S/C26H36FNO3S/c1-25-13-12-22-20(8-7-17-15-18(29)11-14-26(17,22)27)21(25)9-10-23(25)24(30)16-28-32(31)19-5-3-2-4-6-19/h2-6,17-18,20-23,28-29H,7-16H2,1H3. The maximum absolute atomic E-state index is 16.3. The highest BCUT2D eigenvalue weighted by Crippen LogP contribution is 2.66. The van der Waals surface area contributed by atoms with Gasteiger partial charge in [0.25, 0.3) is 0 Å². The number of benzene rings is 1. The van der Waals surface area contributed by atoms with Crippen molar-refractivity contribution < 1.29 is 18.5 Å². The predicted octanol–water partition coefficient (Wildman–Crippen LogP) is 4.59. The van der Waals surface area contributed by atoms with E-state index >= 15 is 4.39 Å². The molecule has 0 saturated heterocycles. The third kappa shape index (κ3) is 3.70. The molecule has 0 radical (unpaired) electrons. The summed E-state index contributed by atoms with van der Waals surface area (Å²) in [7, 11) is -1.39. The van der Waals surface area contributed by atoms with Crippen LogP contribution in [-0.2, 0) is 15.8 Å². The Bertz CT molecular complexity index is 881. The SMILES string of the molecule is CC12CCC3C(CCC4CC(O)CCC43F)C1CCC2C(=O)CNS(=O)c1ccccc1. The number of nitrogens with one attached hydrogen (secondary N) is 1. The number of aliphatic hydroxyl groups is 1. The molecule has 6 heteroatoms. The molecule has 0 aliphatic heterocycles. The third-order valence-electron chi connectivity index (χ3n) is 9.72. The van der Waals surface area contributed by atoms with Crippen molar-refractivity contribution >= 4 is 16.8 Å². The van der Waals surface area contributed by atoms with Gasteiger partial charge in [-0.05, 0) is 99.0 Å². The van der Waals surface area contributed by atoms with Crippen LogP contribution in [0, 0.1) is 35.0 Å². The van der Waals surface area contributed by atoms with E-state index in [1.807, 2.05) is 18.2 Å². The van der Waals surface area contributed by atoms with Crippen molar-refractivity contribution in [3.8, 4) is 0 Å². The van der Waals surface area contributed by atoms with Gasteiger partial charge in [0.05, 0.1) is 17.5 Å². The molecule has 5 rings (SSSR count). The number of aliphatic hydroxyl groups excluding tert-OH is 1. The van der Waals surface area contributed by atoms with Crippen LogP contribution < -0.4 is 4.72 Å². The lowest BCUT2D eigenvalue weighted by Crippen LogP contribution is -2.57. The van der Waals surface area contributed by atoms with Crippen LogP contribution >= 0.6 is 0 Å². The fourth-order valence-electron chi connectivity index (χ4n) is 8.18. The number of fused-ring (bicyclic) bond motifs is 5. The van der Waals surface area contributed by atoms with Gasteiger partial charge in [0, 0.05) is 5.92 Å². The molecule has 9 atom stereocenters. The van der Waals surface area contributed by atoms with Gasteiger partial charge in [0.1, 0.15) is 16.7 Å². The van der Waals surface area contributed by atoms with Gasteiger partial charge < -0.3 is 5.11 Å². The molecule has 32 heavy (non-hydrogen) atoms. The second kappa shape index (κ2) is 8.59. The van der Waals surface area contributed by atoms with Crippen LogP contribution in [0.1, 0.15) is 64.7 Å². The number of carbonyl (C=O) groups excluding carboxylic acids is 1. The van der Waals surface area contributed by atoms with Crippen molar-refractivity contribution in [2.75, 3.05) is 6.54 Å². The molecule has 4 nitrogen and oxygen atoms in total. The first kappa shape index (κ1) is 22.7. The number of ketones is 1. The summed E-state index contributed by atoms with van der Waals surface area (Å²) >= 11 is 0. The summed E-state index contributed by atoms with van der Waals surface area (Å²) in [4.78, 5) is 13.9. The van der Waals surface area contributed by atoms with Gasteiger partial charge >= 0.3 is 0 Å². The number of halogens is 1. The average molecular weight is 462 g/mol. The summed E-state index contributed by atoms with van der Waals surface area (Å²) in [5.74, 6) is 0.972. The Morgan fingerprint density at radius 3 is 2.66 bits per heavy atom. The van der Waals surface area contributed by atoms with Crippen molar-refractivity contribution in [2.45, 2.75) is 81.4 Å². The molecule has 4 aliphatic rings. The number of alkyl halides is 1. The van der Waals surface area contributed by atoms with Gasteiger partial charge in [0.2, 0.25) is 0 Å². The first-order valence-corrected chi connectivity index (χ1v) is 13.6. The summed E-state index contributed by atoms with van der Waals surface area (Å²) in [6, 6.07) is 9.17. The highest BCUT2D eigenvalue weighted by atomic mass is 32.2. The van der Waals surface area contributed by atoms with Crippen LogP contribution in [0.5, 0.6) is 0 Å². The Morgan fingerprint density at radius 2 is 1.88 bits per heavy atom. The molecule has 0 heterocycles. The van der Waals surface area contributed by atoms with E-state index in [9.17, 15) is 14.1 Å². The van der Waals surface area contributed by atoms with Crippen molar-refractivity contribution in [1.29, 1.82) is 0 Å². The summed E-state index contributed by atoms with van der Waals surface area (Å²) in [5.41, 5.74) is -1.20. The quantitative estimate of drug-likeness (QED) is 0.674. The second-order valence-electron chi connectivity index (χ2n) is 11.0. The van der Waals surface area contributed by atoms with Gasteiger partial charge in [-0.1, -0.05) is 25.1 Å². The number of hydrogen-bond acceptors (Lipinski definition) is 3. The van der Waals surface area contributed by atoms with E-state index in [1.165, 1.54) is 0 Å². The van der Waals surface area contributed by atoms with Gasteiger partial charge in [-0.15, -0.1) is 0 Å². The van der Waals surface area contributed by atoms with Crippen LogP contribution in [0.15, 0.2) is 35.2 Å². The first-order valence-electron chi connectivity index (χ1n) is 12.4. The maximum atomic E-state index is 16.3. The van der Waals surface area contributed by atoms with Gasteiger partial charge in [-0.25, -0.2) is 13.3 Å². The second-order valence-corrected chi connectivity index (χ2v) is 12.3. The molecule has 1 aromatic carbocycles. The van der Waals surface area contributed by atoms with E-state index in [0.717, 1.165) is 38.5 Å². The van der Waals surface area contributed by atoms with E-state index in [1.54, 1.807) is 12.1 Å². The summed E-state index contributed by atoms with van der Waals surface area (Å²) in [5, 5.41) is 10.1. The van der Waals surface area contributed by atoms with Crippen LogP contribution in [0.25, 0.3) is 0 Å². The highest BCUT2D eigenvalue weighted by molar-refractivity contribution is 7.83. The van der Waals surface area contributed by atoms with Crippen molar-refractivity contribution in [2.24, 2.45) is 35.0 Å². The molecule has 176 valence electrons. The smallest absolute Gasteiger partial charge is 0.151 e. The Morgan fingerprint density at radius 1 is 1.09 bits per heavy atom. The van der Waals surface area contributed by atoms with Crippen LogP contribution in [-0.4, -0.2) is 33.4 Å². The lowest BCUT2D eigenvalue weighted by molar-refractivity contribution is -0.151. The third-order valence-corrected chi connectivity index (χ3v) is 10.8. The molecule has 0 amide bonds. The van der Waals surface area contributed by atoms with Gasteiger partial charge in [-0.2, -0.15) is 0 Å². The Hall–Kier alpha value is -1.11. The number of Topliss-reactive ketones (excluding diaryl/α,β-unsaturated/α-hetero) is 1. The van der Waals surface area contributed by atoms with Crippen molar-refractivity contribution in [3.05, 3.63) is 30.3 Å². The molecule has 4 fully saturated rings. The lowest BCUT2D eigenvalue weighted by Gasteiger charge is -2.58. The Kier molecular flexibility index (Phi) is 6.09. The van der Waals surface area contributed by atoms with Crippen molar-refractivity contribution in [3.63, 3.8) is 0 Å². The summed E-state index contributed by atoms with van der Waals surface area (Å²) < 4.78 is 31.7. The largest absolute Gasteiger partial charge is 0.393 e. The summed E-state index contributed by atoms with van der Waals surface area (Å²) in [6.07, 6.45) is 6.90. The monoisotopic (exact) mass is 461 g/mol. The highest BCUT2D eigenvalue weighted by Gasteiger charge is 2.62. The fraction of sp³-hybridized carbons (Fsp3) is 0.731. The zero-order valence-electron chi connectivity index (χ0n) is 19.0. The average Bonchev–Trinajstić information content (AvgIpc) is 3.15. The lowest BCUT2D eigenvalue weighted by atomic mass is 9.48. The van der Waals surface area contributed by atoms with Gasteiger partial charge in [0.15, 0.2) is 5.78 Å². The summed E-state index contributed by atoms with van der Waals surface area (Å²) in [6.45, 7) is 2.38. The minimum Gasteiger partial charge on any atom is -0.393 e. The van der Waals surface area contributed by atoms with Crippen LogP contribution in [0.2, 0.25) is 0 Å². The molecule has 0 bridgehead atoms. The van der Waals surface area contributed by atoms with E-state index in [-0.39, 0.29) is 41.6 Å². The molecule has 1 aromatic rings. The van der Waals surface area contributed by atoms with Crippen LogP contribution in [0.3, 0.4) is 0 Å². The topological polar surface area (TPSA) is 66.4 Å². The van der Waals surface area contributed by atoms with Crippen LogP contribution in [0.4, 0.5) is 4.39 Å². The zero-order valence-corrected chi connectivity index (χ0v) is 19.8. The minimum atomic E-state index is -1.39. The Balaban J connectivity index is 1.27. The van der Waals surface area contributed by atoms with E-state index in [2.05, 4.69) is 11.6 Å². The molecule has 4 aliphatic carbocycles. The molecular weight excluding hydrogens is 425 g/mol. The molecule has 0 spiro atoms. The number of carbonyl (C=O) groups is 1. The van der Waals surface area contributed by atoms with E-state index < -0.39 is 16.7 Å².